The van der Waals surface area contributed by atoms with Gasteiger partial charge in [0, 0.05) is 34.6 Å². The Morgan fingerprint density at radius 3 is 2.65 bits per heavy atom. The van der Waals surface area contributed by atoms with Gasteiger partial charge in [0.05, 0.1) is 6.21 Å². The maximum atomic E-state index is 11.9. The van der Waals surface area contributed by atoms with E-state index in [9.17, 15) is 4.79 Å². The number of halogens is 1. The largest absolute Gasteiger partial charge is 0.351 e. The lowest BCUT2D eigenvalue weighted by Crippen LogP contribution is -2.17. The Morgan fingerprint density at radius 1 is 1.17 bits per heavy atom. The third-order valence-electron chi connectivity index (χ3n) is 4.22. The number of carbonyl (C=O) groups excluding carboxylic acids is 1. The van der Waals surface area contributed by atoms with E-state index in [1.807, 2.05) is 6.07 Å². The lowest BCUT2D eigenvalue weighted by Gasteiger charge is -2.23. The first-order valence-electron chi connectivity index (χ1n) is 7.99. The molecule has 23 heavy (non-hydrogen) atoms. The number of aromatic nitrogens is 1. The van der Waals surface area contributed by atoms with Crippen molar-refractivity contribution < 1.29 is 4.79 Å². The average molecular weight is 330 g/mol. The quantitative estimate of drug-likeness (QED) is 0.655. The van der Waals surface area contributed by atoms with Crippen LogP contribution < -0.4 is 5.43 Å². The highest BCUT2D eigenvalue weighted by molar-refractivity contribution is 6.30. The molecule has 1 fully saturated rings. The highest BCUT2D eigenvalue weighted by Crippen LogP contribution is 2.28. The average Bonchev–Trinajstić information content (AvgIpc) is 3.05. The molecule has 0 atom stereocenters. The van der Waals surface area contributed by atoms with Crippen LogP contribution in [0.5, 0.6) is 0 Å². The van der Waals surface area contributed by atoms with Crippen LogP contribution in [0.15, 0.2) is 47.8 Å². The maximum Gasteiger partial charge on any atom is 0.271 e. The molecule has 0 bridgehead atoms. The van der Waals surface area contributed by atoms with E-state index in [0.717, 1.165) is 5.56 Å². The summed E-state index contributed by atoms with van der Waals surface area (Å²) in [6.45, 7) is 0. The molecule has 4 nitrogen and oxygen atoms in total. The highest BCUT2D eigenvalue weighted by Gasteiger charge is 2.14. The van der Waals surface area contributed by atoms with Crippen molar-refractivity contribution in [1.82, 2.24) is 9.99 Å². The number of hydrazone groups is 1. The van der Waals surface area contributed by atoms with Crippen LogP contribution in [0.2, 0.25) is 5.02 Å². The van der Waals surface area contributed by atoms with Gasteiger partial charge in [-0.05, 0) is 43.2 Å². The predicted octanol–water partition coefficient (Wildman–Crippen LogP) is 4.41. The van der Waals surface area contributed by atoms with Gasteiger partial charge >= 0.3 is 0 Å². The third-order valence-corrected chi connectivity index (χ3v) is 4.47. The maximum absolute atomic E-state index is 11.9. The van der Waals surface area contributed by atoms with Crippen molar-refractivity contribution in [2.24, 2.45) is 5.10 Å². The fraction of sp³-hybridized carbons (Fsp3) is 0.333. The number of amides is 1. The van der Waals surface area contributed by atoms with Crippen LogP contribution in [0, 0.1) is 0 Å². The molecular weight excluding hydrogens is 310 g/mol. The van der Waals surface area contributed by atoms with Crippen molar-refractivity contribution in [1.29, 1.82) is 0 Å². The minimum atomic E-state index is -0.246. The van der Waals surface area contributed by atoms with E-state index in [-0.39, 0.29) is 5.91 Å². The van der Waals surface area contributed by atoms with Crippen LogP contribution in [0.4, 0.5) is 0 Å². The van der Waals surface area contributed by atoms with Gasteiger partial charge in [0.1, 0.15) is 0 Å². The SMILES string of the molecule is O=C(N/N=C\c1ccn(C2CCCCC2)c1)c1ccc(Cl)cc1. The predicted molar refractivity (Wildman–Crippen MR) is 93.1 cm³/mol. The van der Waals surface area contributed by atoms with Crippen LogP contribution in [0.3, 0.4) is 0 Å². The first kappa shape index (κ1) is 15.8. The molecule has 1 heterocycles. The molecule has 0 unspecified atom stereocenters. The van der Waals surface area contributed by atoms with E-state index in [1.165, 1.54) is 32.1 Å². The van der Waals surface area contributed by atoms with Crippen molar-refractivity contribution in [2.45, 2.75) is 38.1 Å². The van der Waals surface area contributed by atoms with E-state index in [0.29, 0.717) is 16.6 Å². The summed E-state index contributed by atoms with van der Waals surface area (Å²) in [5, 5.41) is 4.63. The summed E-state index contributed by atoms with van der Waals surface area (Å²) >= 11 is 5.80. The first-order chi connectivity index (χ1) is 11.2. The smallest absolute Gasteiger partial charge is 0.271 e. The molecule has 0 saturated heterocycles. The van der Waals surface area contributed by atoms with Gasteiger partial charge in [0.2, 0.25) is 0 Å². The first-order valence-corrected chi connectivity index (χ1v) is 8.36. The van der Waals surface area contributed by atoms with Crippen LogP contribution in [0.25, 0.3) is 0 Å². The number of hydrogen-bond donors (Lipinski definition) is 1. The number of benzene rings is 1. The van der Waals surface area contributed by atoms with E-state index in [1.54, 1.807) is 30.5 Å². The second-order valence-electron chi connectivity index (χ2n) is 5.89. The zero-order valence-corrected chi connectivity index (χ0v) is 13.7. The number of hydrogen-bond acceptors (Lipinski definition) is 2. The van der Waals surface area contributed by atoms with Gasteiger partial charge in [-0.2, -0.15) is 5.10 Å². The fourth-order valence-electron chi connectivity index (χ4n) is 2.94. The van der Waals surface area contributed by atoms with Crippen molar-refractivity contribution in [2.75, 3.05) is 0 Å². The zero-order chi connectivity index (χ0) is 16.1. The van der Waals surface area contributed by atoms with Crippen LogP contribution >= 0.6 is 11.6 Å². The zero-order valence-electron chi connectivity index (χ0n) is 12.9. The molecule has 1 N–H and O–H groups in total. The minimum absolute atomic E-state index is 0.246. The summed E-state index contributed by atoms with van der Waals surface area (Å²) in [4.78, 5) is 11.9. The Kier molecular flexibility index (Phi) is 5.13. The van der Waals surface area contributed by atoms with Gasteiger partial charge in [-0.1, -0.05) is 30.9 Å². The summed E-state index contributed by atoms with van der Waals surface area (Å²) in [5.74, 6) is -0.246. The molecule has 1 aliphatic rings. The lowest BCUT2D eigenvalue weighted by molar-refractivity contribution is 0.0955. The highest BCUT2D eigenvalue weighted by atomic mass is 35.5. The van der Waals surface area contributed by atoms with E-state index < -0.39 is 0 Å². The Labute approximate surface area is 141 Å². The summed E-state index contributed by atoms with van der Waals surface area (Å²) < 4.78 is 2.27. The van der Waals surface area contributed by atoms with E-state index in [4.69, 9.17) is 11.6 Å². The number of nitrogens with one attached hydrogen (secondary N) is 1. The standard InChI is InChI=1S/C18H20ClN3O/c19-16-8-6-15(7-9-16)18(23)21-20-12-14-10-11-22(13-14)17-4-2-1-3-5-17/h6-13,17H,1-5H2,(H,21,23)/b20-12-. The molecule has 0 aliphatic heterocycles. The molecular formula is C18H20ClN3O. The van der Waals surface area contributed by atoms with Gasteiger partial charge in [-0.25, -0.2) is 5.43 Å². The summed E-state index contributed by atoms with van der Waals surface area (Å²) in [6.07, 6.45) is 12.3. The fourth-order valence-corrected chi connectivity index (χ4v) is 3.07. The van der Waals surface area contributed by atoms with Crippen LogP contribution in [-0.4, -0.2) is 16.7 Å². The molecule has 1 aliphatic carbocycles. The Balaban J connectivity index is 1.56. The lowest BCUT2D eigenvalue weighted by atomic mass is 9.95. The molecule has 1 aromatic heterocycles. The van der Waals surface area contributed by atoms with E-state index in [2.05, 4.69) is 27.5 Å². The summed E-state index contributed by atoms with van der Waals surface area (Å²) in [5.41, 5.74) is 4.06. The Morgan fingerprint density at radius 2 is 1.91 bits per heavy atom. The molecule has 1 amide bonds. The normalized spacial score (nSPS) is 15.9. The number of rotatable bonds is 4. The minimum Gasteiger partial charge on any atom is -0.351 e. The Hall–Kier alpha value is -2.07. The molecule has 3 rings (SSSR count). The third kappa shape index (κ3) is 4.23. The van der Waals surface area contributed by atoms with Crippen molar-refractivity contribution in [3.63, 3.8) is 0 Å². The van der Waals surface area contributed by atoms with Crippen LogP contribution in [-0.2, 0) is 0 Å². The number of nitrogens with zero attached hydrogens (tertiary/aromatic N) is 2. The van der Waals surface area contributed by atoms with E-state index >= 15 is 0 Å². The van der Waals surface area contributed by atoms with Crippen molar-refractivity contribution in [3.05, 3.63) is 58.9 Å². The molecule has 0 spiro atoms. The topological polar surface area (TPSA) is 46.4 Å². The van der Waals surface area contributed by atoms with Crippen molar-refractivity contribution in [3.8, 4) is 0 Å². The van der Waals surface area contributed by atoms with Gasteiger partial charge in [-0.3, -0.25) is 4.79 Å². The summed E-state index contributed by atoms with van der Waals surface area (Å²) in [6, 6.07) is 9.34. The van der Waals surface area contributed by atoms with Gasteiger partial charge < -0.3 is 4.57 Å². The number of carbonyl (C=O) groups is 1. The second-order valence-corrected chi connectivity index (χ2v) is 6.33. The van der Waals surface area contributed by atoms with Gasteiger partial charge in [-0.15, -0.1) is 0 Å². The molecule has 2 aromatic rings. The molecule has 0 radical (unpaired) electrons. The summed E-state index contributed by atoms with van der Waals surface area (Å²) in [7, 11) is 0. The molecule has 120 valence electrons. The second kappa shape index (κ2) is 7.47. The molecule has 1 saturated carbocycles. The van der Waals surface area contributed by atoms with Gasteiger partial charge in [0.25, 0.3) is 5.91 Å². The monoisotopic (exact) mass is 329 g/mol. The van der Waals surface area contributed by atoms with Crippen molar-refractivity contribution >= 4 is 23.7 Å². The Bertz CT molecular complexity index is 685. The molecule has 5 heteroatoms. The van der Waals surface area contributed by atoms with Crippen LogP contribution in [0.1, 0.15) is 54.1 Å². The molecule has 1 aromatic carbocycles. The van der Waals surface area contributed by atoms with Gasteiger partial charge in [0.15, 0.2) is 0 Å².